The fraction of sp³-hybridized carbons (Fsp3) is 0.923. The molecule has 1 saturated heterocycles. The molecule has 0 unspecified atom stereocenters. The van der Waals surface area contributed by atoms with E-state index in [2.05, 4.69) is 16.8 Å². The lowest BCUT2D eigenvalue weighted by molar-refractivity contribution is 0.0550. The van der Waals surface area contributed by atoms with E-state index in [0.717, 1.165) is 32.5 Å². The summed E-state index contributed by atoms with van der Waals surface area (Å²) in [6, 6.07) is 0.252. The molecule has 1 aliphatic heterocycles. The molecule has 1 heterocycles. The monoisotopic (exact) mass is 273 g/mol. The quantitative estimate of drug-likeness (QED) is 0.742. The Morgan fingerprint density at radius 2 is 1.95 bits per heavy atom. The van der Waals surface area contributed by atoms with Gasteiger partial charge in [-0.1, -0.05) is 0 Å². The largest absolute Gasteiger partial charge is 0.447 e. The molecule has 1 amide bonds. The molecule has 6 heteroatoms. The van der Waals surface area contributed by atoms with Crippen molar-refractivity contribution in [3.05, 3.63) is 0 Å². The lowest BCUT2D eigenvalue weighted by Gasteiger charge is -2.37. The number of amides is 1. The number of carbonyl (C=O) groups excluding carboxylic acids is 1. The number of carbonyl (C=O) groups is 1. The van der Waals surface area contributed by atoms with Crippen molar-refractivity contribution in [3.8, 4) is 0 Å². The topological polar surface area (TPSA) is 56.3 Å². The zero-order valence-corrected chi connectivity index (χ0v) is 12.3. The second-order valence-corrected chi connectivity index (χ2v) is 5.37. The molecule has 0 aliphatic carbocycles. The van der Waals surface area contributed by atoms with Gasteiger partial charge in [-0.2, -0.15) is 0 Å². The normalized spacial score (nSPS) is 17.7. The average molecular weight is 273 g/mol. The molecular weight excluding hydrogens is 246 g/mol. The van der Waals surface area contributed by atoms with E-state index in [1.54, 1.807) is 0 Å². The minimum atomic E-state index is -0.301. The summed E-state index contributed by atoms with van der Waals surface area (Å²) in [7, 11) is 6.09. The highest BCUT2D eigenvalue weighted by atomic mass is 16.6. The molecule has 0 aromatic heterocycles. The van der Waals surface area contributed by atoms with Crippen LogP contribution in [0.4, 0.5) is 4.79 Å². The molecule has 1 fully saturated rings. The maximum absolute atomic E-state index is 12.1. The molecule has 0 saturated carbocycles. The lowest BCUT2D eigenvalue weighted by Crippen LogP contribution is -2.49. The third-order valence-electron chi connectivity index (χ3n) is 3.47. The predicted octanol–water partition coefficient (Wildman–Crippen LogP) is 0.0731. The summed E-state index contributed by atoms with van der Waals surface area (Å²) < 4.78 is 5.07. The van der Waals surface area contributed by atoms with Crippen molar-refractivity contribution >= 4 is 6.09 Å². The van der Waals surface area contributed by atoms with Crippen LogP contribution in [0.2, 0.25) is 0 Å². The smallest absolute Gasteiger partial charge is 0.410 e. The van der Waals surface area contributed by atoms with Gasteiger partial charge in [0.1, 0.15) is 6.61 Å². The van der Waals surface area contributed by atoms with Crippen molar-refractivity contribution < 1.29 is 14.6 Å². The molecule has 0 radical (unpaired) electrons. The van der Waals surface area contributed by atoms with E-state index in [4.69, 9.17) is 9.84 Å². The van der Waals surface area contributed by atoms with Gasteiger partial charge in [0.05, 0.1) is 6.61 Å². The van der Waals surface area contributed by atoms with Crippen LogP contribution in [0.25, 0.3) is 0 Å². The molecule has 19 heavy (non-hydrogen) atoms. The van der Waals surface area contributed by atoms with Gasteiger partial charge in [0.25, 0.3) is 0 Å². The van der Waals surface area contributed by atoms with E-state index in [0.29, 0.717) is 6.54 Å². The van der Waals surface area contributed by atoms with Gasteiger partial charge in [-0.15, -0.1) is 0 Å². The van der Waals surface area contributed by atoms with Crippen LogP contribution >= 0.6 is 0 Å². The first-order valence-electron chi connectivity index (χ1n) is 6.92. The summed E-state index contributed by atoms with van der Waals surface area (Å²) in [5, 5.41) is 8.75. The lowest BCUT2D eigenvalue weighted by atomic mass is 10.0. The van der Waals surface area contributed by atoms with E-state index in [9.17, 15) is 4.79 Å². The zero-order chi connectivity index (χ0) is 14.3. The molecule has 112 valence electrons. The highest BCUT2D eigenvalue weighted by Crippen LogP contribution is 2.16. The number of hydrogen-bond donors (Lipinski definition) is 1. The van der Waals surface area contributed by atoms with Gasteiger partial charge in [0.15, 0.2) is 0 Å². The van der Waals surface area contributed by atoms with Crippen LogP contribution < -0.4 is 0 Å². The highest BCUT2D eigenvalue weighted by molar-refractivity contribution is 5.68. The van der Waals surface area contributed by atoms with Crippen LogP contribution in [-0.4, -0.2) is 92.5 Å². The van der Waals surface area contributed by atoms with Crippen molar-refractivity contribution in [2.24, 2.45) is 0 Å². The number of likely N-dealkylation sites (N-methyl/N-ethyl adjacent to an activating group) is 1. The molecule has 0 atom stereocenters. The second kappa shape index (κ2) is 8.35. The Balaban J connectivity index is 2.54. The van der Waals surface area contributed by atoms with Crippen LogP contribution in [0.1, 0.15) is 12.8 Å². The summed E-state index contributed by atoms with van der Waals surface area (Å²) in [4.78, 5) is 18.2. The van der Waals surface area contributed by atoms with E-state index in [1.165, 1.54) is 0 Å². The van der Waals surface area contributed by atoms with Gasteiger partial charge in [0, 0.05) is 19.1 Å². The maximum atomic E-state index is 12.1. The average Bonchev–Trinajstić information content (AvgIpc) is 2.38. The minimum absolute atomic E-state index is 0.0733. The maximum Gasteiger partial charge on any atom is 0.410 e. The molecule has 1 rings (SSSR count). The van der Waals surface area contributed by atoms with Gasteiger partial charge in [-0.25, -0.2) is 4.79 Å². The van der Waals surface area contributed by atoms with Gasteiger partial charge >= 0.3 is 6.09 Å². The Morgan fingerprint density at radius 1 is 1.32 bits per heavy atom. The fourth-order valence-electron chi connectivity index (χ4n) is 2.25. The molecule has 0 spiro atoms. The van der Waals surface area contributed by atoms with Crippen molar-refractivity contribution in [2.75, 3.05) is 60.5 Å². The Kier molecular flexibility index (Phi) is 7.12. The summed E-state index contributed by atoms with van der Waals surface area (Å²) in [6.45, 7) is 3.46. The van der Waals surface area contributed by atoms with E-state index in [-0.39, 0.29) is 25.3 Å². The molecular formula is C13H27N3O3. The van der Waals surface area contributed by atoms with Crippen LogP contribution in [-0.2, 0) is 4.74 Å². The van der Waals surface area contributed by atoms with Crippen LogP contribution in [0, 0.1) is 0 Å². The van der Waals surface area contributed by atoms with Gasteiger partial charge in [-0.3, -0.25) is 0 Å². The van der Waals surface area contributed by atoms with Crippen LogP contribution in [0.15, 0.2) is 0 Å². The minimum Gasteiger partial charge on any atom is -0.447 e. The first kappa shape index (κ1) is 16.2. The molecule has 6 nitrogen and oxygen atoms in total. The Labute approximate surface area is 115 Å². The first-order valence-corrected chi connectivity index (χ1v) is 6.92. The number of piperidine rings is 1. The number of hydrogen-bond acceptors (Lipinski definition) is 5. The number of ether oxygens (including phenoxy) is 1. The Bertz CT molecular complexity index is 266. The molecule has 1 N–H and O–H groups in total. The summed E-state index contributed by atoms with van der Waals surface area (Å²) in [6.07, 6.45) is 1.67. The molecule has 0 bridgehead atoms. The molecule has 1 aliphatic rings. The Hall–Kier alpha value is -0.850. The fourth-order valence-corrected chi connectivity index (χ4v) is 2.25. The first-order chi connectivity index (χ1) is 9.04. The zero-order valence-electron chi connectivity index (χ0n) is 12.3. The van der Waals surface area contributed by atoms with Gasteiger partial charge in [0.2, 0.25) is 0 Å². The van der Waals surface area contributed by atoms with Gasteiger partial charge < -0.3 is 24.5 Å². The van der Waals surface area contributed by atoms with E-state index >= 15 is 0 Å². The standard InChI is InChI=1S/C13H27N3O3/c1-14(2)8-9-16(13(18)19-11-10-17)12-4-6-15(3)7-5-12/h12,17H,4-11H2,1-3H3. The third kappa shape index (κ3) is 5.76. The molecule has 0 aromatic carbocycles. The molecule has 0 aromatic rings. The van der Waals surface area contributed by atoms with Crippen molar-refractivity contribution in [1.29, 1.82) is 0 Å². The van der Waals surface area contributed by atoms with E-state index < -0.39 is 0 Å². The van der Waals surface area contributed by atoms with Crippen LogP contribution in [0.5, 0.6) is 0 Å². The predicted molar refractivity (Wildman–Crippen MR) is 74.2 cm³/mol. The van der Waals surface area contributed by atoms with Crippen molar-refractivity contribution in [1.82, 2.24) is 14.7 Å². The second-order valence-electron chi connectivity index (χ2n) is 5.37. The Morgan fingerprint density at radius 3 is 2.47 bits per heavy atom. The number of nitrogens with zero attached hydrogens (tertiary/aromatic N) is 3. The highest BCUT2D eigenvalue weighted by Gasteiger charge is 2.27. The van der Waals surface area contributed by atoms with Crippen molar-refractivity contribution in [2.45, 2.75) is 18.9 Å². The third-order valence-corrected chi connectivity index (χ3v) is 3.47. The number of likely N-dealkylation sites (tertiary alicyclic amines) is 1. The van der Waals surface area contributed by atoms with Gasteiger partial charge in [-0.05, 0) is 47.1 Å². The summed E-state index contributed by atoms with van der Waals surface area (Å²) in [5.74, 6) is 0. The summed E-state index contributed by atoms with van der Waals surface area (Å²) in [5.41, 5.74) is 0. The van der Waals surface area contributed by atoms with E-state index in [1.807, 2.05) is 19.0 Å². The van der Waals surface area contributed by atoms with Crippen molar-refractivity contribution in [3.63, 3.8) is 0 Å². The SMILES string of the molecule is CN(C)CCN(C(=O)OCCO)C1CCN(C)CC1. The number of aliphatic hydroxyl groups excluding tert-OH is 1. The number of aliphatic hydroxyl groups is 1. The summed E-state index contributed by atoms with van der Waals surface area (Å²) >= 11 is 0. The van der Waals surface area contributed by atoms with Crippen LogP contribution in [0.3, 0.4) is 0 Å². The number of rotatable bonds is 6.